The van der Waals surface area contributed by atoms with E-state index in [0.717, 1.165) is 16.5 Å². The van der Waals surface area contributed by atoms with Crippen LogP contribution in [0.5, 0.6) is 0 Å². The van der Waals surface area contributed by atoms with Crippen molar-refractivity contribution >= 4 is 15.9 Å². The van der Waals surface area contributed by atoms with Crippen molar-refractivity contribution in [3.63, 3.8) is 0 Å². The van der Waals surface area contributed by atoms with Crippen LogP contribution in [0.15, 0.2) is 33.3 Å². The van der Waals surface area contributed by atoms with Crippen LogP contribution in [-0.2, 0) is 6.42 Å². The average Bonchev–Trinajstić information content (AvgIpc) is 2.76. The Kier molecular flexibility index (Phi) is 4.71. The molecule has 1 atom stereocenters. The molecule has 1 unspecified atom stereocenters. The molecule has 0 spiro atoms. The van der Waals surface area contributed by atoms with Gasteiger partial charge in [-0.1, -0.05) is 47.1 Å². The molecule has 2 rings (SSSR count). The van der Waals surface area contributed by atoms with Crippen LogP contribution in [0, 0.1) is 5.92 Å². The highest BCUT2D eigenvalue weighted by molar-refractivity contribution is 9.10. The Morgan fingerprint density at radius 2 is 2.05 bits per heavy atom. The molecular weight excluding hydrogens is 306 g/mol. The summed E-state index contributed by atoms with van der Waals surface area (Å²) in [4.78, 5) is 4.40. The first-order valence-electron chi connectivity index (χ1n) is 6.39. The quantitative estimate of drug-likeness (QED) is 0.915. The molecule has 0 aliphatic rings. The van der Waals surface area contributed by atoms with Crippen LogP contribution < -0.4 is 5.73 Å². The number of nitrogens with two attached hydrogens (primary N) is 1. The van der Waals surface area contributed by atoms with Crippen LogP contribution in [0.1, 0.15) is 26.2 Å². The van der Waals surface area contributed by atoms with Gasteiger partial charge in [0.15, 0.2) is 0 Å². The minimum absolute atomic E-state index is 0.0625. The van der Waals surface area contributed by atoms with Crippen molar-refractivity contribution in [2.45, 2.75) is 32.7 Å². The molecule has 0 saturated heterocycles. The van der Waals surface area contributed by atoms with Crippen LogP contribution in [0.4, 0.5) is 0 Å². The van der Waals surface area contributed by atoms with E-state index in [1.54, 1.807) is 0 Å². The molecule has 0 fully saturated rings. The van der Waals surface area contributed by atoms with Crippen LogP contribution in [0.2, 0.25) is 0 Å². The molecule has 2 N–H and O–H groups in total. The van der Waals surface area contributed by atoms with Crippen molar-refractivity contribution in [1.29, 1.82) is 0 Å². The van der Waals surface area contributed by atoms with E-state index < -0.39 is 0 Å². The van der Waals surface area contributed by atoms with Gasteiger partial charge in [0.25, 0.3) is 0 Å². The zero-order valence-electron chi connectivity index (χ0n) is 11.1. The molecule has 0 radical (unpaired) electrons. The molecule has 19 heavy (non-hydrogen) atoms. The SMILES string of the molecule is CC(C)CC(N)Cc1nc(-c2ccccc2Br)no1. The van der Waals surface area contributed by atoms with E-state index in [2.05, 4.69) is 39.9 Å². The lowest BCUT2D eigenvalue weighted by molar-refractivity contribution is 0.359. The maximum absolute atomic E-state index is 6.05. The second-order valence-electron chi connectivity index (χ2n) is 5.09. The maximum atomic E-state index is 6.05. The minimum Gasteiger partial charge on any atom is -0.339 e. The first-order valence-corrected chi connectivity index (χ1v) is 7.18. The van der Waals surface area contributed by atoms with E-state index in [9.17, 15) is 0 Å². The maximum Gasteiger partial charge on any atom is 0.228 e. The summed E-state index contributed by atoms with van der Waals surface area (Å²) in [7, 11) is 0. The fourth-order valence-corrected chi connectivity index (χ4v) is 2.46. The number of nitrogens with zero attached hydrogens (tertiary/aromatic N) is 2. The molecule has 1 heterocycles. The average molecular weight is 324 g/mol. The molecule has 102 valence electrons. The van der Waals surface area contributed by atoms with Gasteiger partial charge in [-0.25, -0.2) is 0 Å². The fourth-order valence-electron chi connectivity index (χ4n) is 2.00. The first kappa shape index (κ1) is 14.2. The van der Waals surface area contributed by atoms with E-state index in [1.165, 1.54) is 0 Å². The van der Waals surface area contributed by atoms with Gasteiger partial charge in [0.1, 0.15) is 0 Å². The minimum atomic E-state index is 0.0625. The first-order chi connectivity index (χ1) is 9.06. The lowest BCUT2D eigenvalue weighted by atomic mass is 10.0. The molecule has 0 aliphatic heterocycles. The van der Waals surface area contributed by atoms with Gasteiger partial charge in [0.2, 0.25) is 11.7 Å². The predicted molar refractivity (Wildman–Crippen MR) is 78.6 cm³/mol. The van der Waals surface area contributed by atoms with Crippen molar-refractivity contribution in [3.8, 4) is 11.4 Å². The molecule has 0 aliphatic carbocycles. The van der Waals surface area contributed by atoms with Gasteiger partial charge in [0, 0.05) is 22.5 Å². The smallest absolute Gasteiger partial charge is 0.228 e. The summed E-state index contributed by atoms with van der Waals surface area (Å²) < 4.78 is 6.22. The number of benzene rings is 1. The topological polar surface area (TPSA) is 64.9 Å². The van der Waals surface area contributed by atoms with Gasteiger partial charge >= 0.3 is 0 Å². The van der Waals surface area contributed by atoms with Crippen molar-refractivity contribution in [3.05, 3.63) is 34.6 Å². The standard InChI is InChI=1S/C14H18BrN3O/c1-9(2)7-10(16)8-13-17-14(18-19-13)11-5-3-4-6-12(11)15/h3-6,9-10H,7-8,16H2,1-2H3. The molecule has 5 heteroatoms. The highest BCUT2D eigenvalue weighted by Gasteiger charge is 2.14. The number of halogens is 1. The second kappa shape index (κ2) is 6.30. The zero-order valence-corrected chi connectivity index (χ0v) is 12.7. The number of hydrogen-bond acceptors (Lipinski definition) is 4. The van der Waals surface area contributed by atoms with Crippen LogP contribution >= 0.6 is 15.9 Å². The Labute approximate surface area is 121 Å². The lowest BCUT2D eigenvalue weighted by Gasteiger charge is -2.10. The van der Waals surface area contributed by atoms with Crippen LogP contribution in [0.25, 0.3) is 11.4 Å². The Balaban J connectivity index is 2.09. The molecule has 0 amide bonds. The van der Waals surface area contributed by atoms with Gasteiger partial charge in [-0.05, 0) is 24.5 Å². The third-order valence-corrected chi connectivity index (χ3v) is 3.49. The van der Waals surface area contributed by atoms with Gasteiger partial charge in [0.05, 0.1) is 0 Å². The molecular formula is C14H18BrN3O. The zero-order chi connectivity index (χ0) is 13.8. The summed E-state index contributed by atoms with van der Waals surface area (Å²) in [6.07, 6.45) is 1.57. The van der Waals surface area contributed by atoms with E-state index in [-0.39, 0.29) is 6.04 Å². The molecule has 0 saturated carbocycles. The summed E-state index contributed by atoms with van der Waals surface area (Å²) in [5.41, 5.74) is 6.97. The van der Waals surface area contributed by atoms with Gasteiger partial charge < -0.3 is 10.3 Å². The summed E-state index contributed by atoms with van der Waals surface area (Å²) in [6, 6.07) is 7.86. The molecule has 1 aromatic carbocycles. The summed E-state index contributed by atoms with van der Waals surface area (Å²) in [5, 5.41) is 4.01. The van der Waals surface area contributed by atoms with Crippen LogP contribution in [0.3, 0.4) is 0 Å². The highest BCUT2D eigenvalue weighted by atomic mass is 79.9. The third kappa shape index (κ3) is 3.88. The van der Waals surface area contributed by atoms with E-state index >= 15 is 0 Å². The predicted octanol–water partition coefficient (Wildman–Crippen LogP) is 3.42. The molecule has 1 aromatic heterocycles. The van der Waals surface area contributed by atoms with Crippen molar-refractivity contribution in [1.82, 2.24) is 10.1 Å². The lowest BCUT2D eigenvalue weighted by Crippen LogP contribution is -2.24. The largest absolute Gasteiger partial charge is 0.339 e. The number of rotatable bonds is 5. The second-order valence-corrected chi connectivity index (χ2v) is 5.94. The fraction of sp³-hybridized carbons (Fsp3) is 0.429. The highest BCUT2D eigenvalue weighted by Crippen LogP contribution is 2.25. The van der Waals surface area contributed by atoms with Gasteiger partial charge in [-0.15, -0.1) is 0 Å². The molecule has 0 bridgehead atoms. The van der Waals surface area contributed by atoms with Crippen LogP contribution in [-0.4, -0.2) is 16.2 Å². The van der Waals surface area contributed by atoms with E-state index in [0.29, 0.717) is 24.1 Å². The number of aromatic nitrogens is 2. The van der Waals surface area contributed by atoms with Gasteiger partial charge in [-0.2, -0.15) is 4.98 Å². The summed E-state index contributed by atoms with van der Waals surface area (Å²) >= 11 is 3.48. The molecule has 2 aromatic rings. The van der Waals surface area contributed by atoms with E-state index in [1.807, 2.05) is 24.3 Å². The number of hydrogen-bond donors (Lipinski definition) is 1. The Bertz CT molecular complexity index is 539. The molecule has 4 nitrogen and oxygen atoms in total. The monoisotopic (exact) mass is 323 g/mol. The Hall–Kier alpha value is -1.20. The summed E-state index contributed by atoms with van der Waals surface area (Å²) in [5.74, 6) is 1.76. The normalized spacial score (nSPS) is 12.9. The van der Waals surface area contributed by atoms with Gasteiger partial charge in [-0.3, -0.25) is 0 Å². The summed E-state index contributed by atoms with van der Waals surface area (Å²) in [6.45, 7) is 4.31. The third-order valence-electron chi connectivity index (χ3n) is 2.79. The van der Waals surface area contributed by atoms with Crippen molar-refractivity contribution < 1.29 is 4.52 Å². The van der Waals surface area contributed by atoms with Crippen molar-refractivity contribution in [2.75, 3.05) is 0 Å². The Morgan fingerprint density at radius 3 is 2.74 bits per heavy atom. The van der Waals surface area contributed by atoms with Crippen molar-refractivity contribution in [2.24, 2.45) is 11.7 Å². The van der Waals surface area contributed by atoms with E-state index in [4.69, 9.17) is 10.3 Å². The Morgan fingerprint density at radius 1 is 1.32 bits per heavy atom.